The smallest absolute Gasteiger partial charge is 0.190 e. The van der Waals surface area contributed by atoms with Gasteiger partial charge in [-0.3, -0.25) is 0 Å². The summed E-state index contributed by atoms with van der Waals surface area (Å²) in [5, 5.41) is 3.54. The Morgan fingerprint density at radius 2 is 1.33 bits per heavy atom. The molecule has 2 aromatic heterocycles. The van der Waals surface area contributed by atoms with E-state index in [0.29, 0.717) is 12.8 Å². The topological polar surface area (TPSA) is 7.76 Å². The van der Waals surface area contributed by atoms with Crippen LogP contribution in [0, 0.1) is 36.5 Å². The van der Waals surface area contributed by atoms with E-state index in [9.17, 15) is 0 Å². The predicted molar refractivity (Wildman–Crippen MR) is 121 cm³/mol. The molecule has 0 saturated heterocycles. The van der Waals surface area contributed by atoms with Crippen molar-refractivity contribution in [3.63, 3.8) is 0 Å². The van der Waals surface area contributed by atoms with Crippen LogP contribution in [0.1, 0.15) is 24.2 Å². The first-order valence-corrected chi connectivity index (χ1v) is 10.0. The fourth-order valence-corrected chi connectivity index (χ4v) is 3.76. The van der Waals surface area contributed by atoms with Gasteiger partial charge in [-0.25, -0.2) is 0 Å². The summed E-state index contributed by atoms with van der Waals surface area (Å²) < 4.78 is 4.35. The Labute approximate surface area is 177 Å². The fourth-order valence-electron chi connectivity index (χ4n) is 3.76. The molecule has 0 saturated carbocycles. The third-order valence-corrected chi connectivity index (χ3v) is 5.16. The molecule has 4 rings (SSSR count). The van der Waals surface area contributed by atoms with E-state index < -0.39 is 0 Å². The number of aryl methyl sites for hydroxylation is 2. The number of terminal acetylenes is 2. The van der Waals surface area contributed by atoms with Crippen LogP contribution >= 0.6 is 0 Å². The number of aromatic nitrogens is 2. The van der Waals surface area contributed by atoms with Crippen molar-refractivity contribution >= 4 is 21.7 Å². The van der Waals surface area contributed by atoms with Crippen molar-refractivity contribution < 1.29 is 9.13 Å². The lowest BCUT2D eigenvalue weighted by Crippen LogP contribution is -2.39. The molecule has 142 valence electrons. The first-order valence-electron chi connectivity index (χ1n) is 10.0. The lowest BCUT2D eigenvalue weighted by atomic mass is 10.0. The molecule has 0 bridgehead atoms. The second kappa shape index (κ2) is 8.96. The van der Waals surface area contributed by atoms with E-state index in [1.54, 1.807) is 0 Å². The summed E-state index contributed by atoms with van der Waals surface area (Å²) in [5.41, 5.74) is 3.06. The molecule has 0 atom stereocenters. The van der Waals surface area contributed by atoms with Gasteiger partial charge in [0.2, 0.25) is 5.52 Å². The third kappa shape index (κ3) is 3.75. The number of benzene rings is 2. The van der Waals surface area contributed by atoms with Crippen molar-refractivity contribution in [2.24, 2.45) is 0 Å². The van der Waals surface area contributed by atoms with Crippen LogP contribution in [0.15, 0.2) is 72.9 Å². The summed E-state index contributed by atoms with van der Waals surface area (Å²) in [6.07, 6.45) is 14.4. The van der Waals surface area contributed by atoms with Gasteiger partial charge >= 0.3 is 0 Å². The Kier molecular flexibility index (Phi) is 5.75. The molecule has 2 aromatic carbocycles. The third-order valence-electron chi connectivity index (χ3n) is 5.16. The van der Waals surface area contributed by atoms with E-state index in [-0.39, 0.29) is 0 Å². The fraction of sp³-hybridized carbons (Fsp3) is 0.143. The zero-order chi connectivity index (χ0) is 20.8. The quantitative estimate of drug-likeness (QED) is 0.284. The van der Waals surface area contributed by atoms with Crippen molar-refractivity contribution in [2.45, 2.75) is 25.9 Å². The number of para-hydroxylation sites is 1. The Hall–Kier alpha value is -4.06. The van der Waals surface area contributed by atoms with Gasteiger partial charge in [-0.05, 0) is 18.2 Å². The first kappa shape index (κ1) is 19.3. The normalized spacial score (nSPS) is 10.2. The van der Waals surface area contributed by atoms with Crippen molar-refractivity contribution in [2.75, 3.05) is 0 Å². The predicted octanol–water partition coefficient (Wildman–Crippen LogP) is 4.01. The highest BCUT2D eigenvalue weighted by atomic mass is 15.0. The van der Waals surface area contributed by atoms with Crippen LogP contribution in [0.3, 0.4) is 0 Å². The number of fused-ring (bicyclic) bond motifs is 3. The summed E-state index contributed by atoms with van der Waals surface area (Å²) in [6.45, 7) is 1.47. The van der Waals surface area contributed by atoms with E-state index in [1.165, 1.54) is 10.8 Å². The lowest BCUT2D eigenvalue weighted by molar-refractivity contribution is -0.698. The molecule has 0 unspecified atom stereocenters. The molecule has 2 heteroatoms. The van der Waals surface area contributed by atoms with Crippen molar-refractivity contribution in [3.05, 3.63) is 84.3 Å². The van der Waals surface area contributed by atoms with Gasteiger partial charge in [0.25, 0.3) is 11.4 Å². The minimum atomic E-state index is 0.648. The summed E-state index contributed by atoms with van der Waals surface area (Å²) in [7, 11) is 0. The van der Waals surface area contributed by atoms with Gasteiger partial charge in [0.05, 0.1) is 23.6 Å². The van der Waals surface area contributed by atoms with E-state index in [1.807, 2.05) is 24.4 Å². The van der Waals surface area contributed by atoms with Gasteiger partial charge in [-0.1, -0.05) is 30.3 Å². The molecule has 4 aromatic rings. The van der Waals surface area contributed by atoms with E-state index >= 15 is 0 Å². The maximum atomic E-state index is 5.60. The van der Waals surface area contributed by atoms with Gasteiger partial charge in [0.1, 0.15) is 0 Å². The summed E-state index contributed by atoms with van der Waals surface area (Å²) in [4.78, 5) is 0. The second-order valence-corrected chi connectivity index (χ2v) is 7.00. The highest BCUT2D eigenvalue weighted by Crippen LogP contribution is 2.25. The Bertz CT molecular complexity index is 1370. The second-order valence-electron chi connectivity index (χ2n) is 7.00. The monoisotopic (exact) mass is 386 g/mol. The SMILES string of the molecule is C#CCC[n+]1ccccc1C#Cc1c2ccccc2c2ccccc2[n+]1CCC#C. The van der Waals surface area contributed by atoms with Crippen LogP contribution in [-0.2, 0) is 13.1 Å². The Morgan fingerprint density at radius 1 is 0.667 bits per heavy atom. The average Bonchev–Trinajstić information content (AvgIpc) is 2.80. The number of rotatable bonds is 4. The Balaban J connectivity index is 1.97. The molecule has 0 spiro atoms. The first-order chi connectivity index (χ1) is 14.8. The summed E-state index contributed by atoms with van der Waals surface area (Å²) in [5.74, 6) is 12.3. The molecular formula is C28H22N2+2. The molecule has 2 nitrogen and oxygen atoms in total. The average molecular weight is 386 g/mol. The molecule has 0 aliphatic carbocycles. The summed E-state index contributed by atoms with van der Waals surface area (Å²) in [6, 6.07) is 22.9. The minimum Gasteiger partial charge on any atom is -0.190 e. The molecule has 0 fully saturated rings. The van der Waals surface area contributed by atoms with E-state index in [4.69, 9.17) is 12.8 Å². The van der Waals surface area contributed by atoms with Crippen LogP contribution in [0.5, 0.6) is 0 Å². The molecule has 0 N–H and O–H groups in total. The molecular weight excluding hydrogens is 364 g/mol. The molecule has 0 amide bonds. The van der Waals surface area contributed by atoms with Gasteiger partial charge in [-0.2, -0.15) is 9.13 Å². The van der Waals surface area contributed by atoms with E-state index in [0.717, 1.165) is 35.4 Å². The van der Waals surface area contributed by atoms with Gasteiger partial charge in [-0.15, -0.1) is 24.7 Å². The van der Waals surface area contributed by atoms with Crippen LogP contribution < -0.4 is 9.13 Å². The number of nitrogens with zero attached hydrogens (tertiary/aromatic N) is 2. The van der Waals surface area contributed by atoms with Crippen molar-refractivity contribution in [1.82, 2.24) is 0 Å². The zero-order valence-corrected chi connectivity index (χ0v) is 16.8. The zero-order valence-electron chi connectivity index (χ0n) is 16.8. The standard InChI is InChI=1S/C28H22N2/c1-3-5-20-29-21-12-11-13-23(29)18-19-28-26-15-8-7-14-24(26)25-16-9-10-17-27(25)30(28)22-6-4-2/h1-2,7-17,21H,5-6,20,22H2/q+2. The molecule has 0 aliphatic heterocycles. The van der Waals surface area contributed by atoms with Crippen molar-refractivity contribution in [1.29, 1.82) is 0 Å². The maximum absolute atomic E-state index is 5.60. The lowest BCUT2D eigenvalue weighted by Gasteiger charge is -2.07. The van der Waals surface area contributed by atoms with Gasteiger partial charge < -0.3 is 0 Å². The Morgan fingerprint density at radius 3 is 2.13 bits per heavy atom. The number of pyridine rings is 2. The summed E-state index contributed by atoms with van der Waals surface area (Å²) >= 11 is 0. The van der Waals surface area contributed by atoms with Crippen LogP contribution in [0.2, 0.25) is 0 Å². The van der Waals surface area contributed by atoms with Gasteiger partial charge in [0, 0.05) is 35.4 Å². The van der Waals surface area contributed by atoms with Crippen molar-refractivity contribution in [3.8, 4) is 36.5 Å². The van der Waals surface area contributed by atoms with Crippen LogP contribution in [0.25, 0.3) is 21.7 Å². The van der Waals surface area contributed by atoms with Gasteiger partial charge in [0.15, 0.2) is 19.3 Å². The molecule has 30 heavy (non-hydrogen) atoms. The minimum absolute atomic E-state index is 0.648. The van der Waals surface area contributed by atoms with Crippen LogP contribution in [0.4, 0.5) is 0 Å². The number of hydrogen-bond acceptors (Lipinski definition) is 0. The number of hydrogen-bond donors (Lipinski definition) is 0. The highest BCUT2D eigenvalue weighted by Gasteiger charge is 2.20. The highest BCUT2D eigenvalue weighted by molar-refractivity contribution is 6.05. The largest absolute Gasteiger partial charge is 0.265 e. The van der Waals surface area contributed by atoms with Crippen LogP contribution in [-0.4, -0.2) is 0 Å². The van der Waals surface area contributed by atoms with E-state index in [2.05, 4.69) is 81.3 Å². The molecule has 2 heterocycles. The molecule has 0 radical (unpaired) electrons. The molecule has 0 aliphatic rings. The maximum Gasteiger partial charge on any atom is 0.265 e.